The fourth-order valence-corrected chi connectivity index (χ4v) is 1.79. The number of hydrogen-bond donors (Lipinski definition) is 2. The Hall–Kier alpha value is -1.01. The van der Waals surface area contributed by atoms with Crippen molar-refractivity contribution in [2.75, 3.05) is 0 Å². The molecule has 2 atom stereocenters. The third kappa shape index (κ3) is 5.24. The van der Waals surface area contributed by atoms with Crippen LogP contribution in [-0.4, -0.2) is 35.0 Å². The van der Waals surface area contributed by atoms with Gasteiger partial charge >= 0.3 is 12.1 Å². The van der Waals surface area contributed by atoms with Crippen LogP contribution < -0.4 is 5.73 Å². The van der Waals surface area contributed by atoms with Gasteiger partial charge in [-0.05, 0) is 39.5 Å². The summed E-state index contributed by atoms with van der Waals surface area (Å²) in [6.07, 6.45) is 3.00. The van der Waals surface area contributed by atoms with Crippen LogP contribution >= 0.6 is 12.4 Å². The summed E-state index contributed by atoms with van der Waals surface area (Å²) in [7, 11) is 0. The van der Waals surface area contributed by atoms with E-state index < -0.39 is 23.8 Å². The number of hydrogen-bond acceptors (Lipinski definition) is 5. The quantitative estimate of drug-likeness (QED) is 0.770. The molecule has 1 aliphatic carbocycles. The van der Waals surface area contributed by atoms with Crippen LogP contribution in [0.25, 0.3) is 0 Å². The number of carbonyl (C=O) groups excluding carboxylic acids is 1. The Kier molecular flexibility index (Phi) is 7.15. The van der Waals surface area contributed by atoms with Crippen molar-refractivity contribution in [2.24, 2.45) is 5.73 Å². The van der Waals surface area contributed by atoms with Gasteiger partial charge in [0.05, 0.1) is 0 Å². The molecular formula is C12H22ClNO5. The van der Waals surface area contributed by atoms with Crippen LogP contribution in [0.15, 0.2) is 0 Å². The summed E-state index contributed by atoms with van der Waals surface area (Å²) in [6, 6.07) is 0. The summed E-state index contributed by atoms with van der Waals surface area (Å²) < 4.78 is 10.0. The lowest BCUT2D eigenvalue weighted by atomic mass is 9.97. The molecule has 0 amide bonds. The van der Waals surface area contributed by atoms with Crippen molar-refractivity contribution in [1.29, 1.82) is 0 Å². The molecule has 0 bridgehead atoms. The van der Waals surface area contributed by atoms with E-state index in [1.807, 2.05) is 0 Å². The Balaban J connectivity index is 0.00000324. The average molecular weight is 296 g/mol. The zero-order valence-electron chi connectivity index (χ0n) is 11.3. The van der Waals surface area contributed by atoms with E-state index in [-0.39, 0.29) is 18.5 Å². The second-order valence-corrected chi connectivity index (χ2v) is 4.98. The van der Waals surface area contributed by atoms with E-state index in [4.69, 9.17) is 20.3 Å². The summed E-state index contributed by atoms with van der Waals surface area (Å²) in [4.78, 5) is 22.4. The van der Waals surface area contributed by atoms with Gasteiger partial charge in [0.1, 0.15) is 17.7 Å². The fraction of sp³-hybridized carbons (Fsp3) is 0.833. The molecule has 7 heteroatoms. The lowest BCUT2D eigenvalue weighted by Gasteiger charge is -2.28. The minimum atomic E-state index is -1.62. The Morgan fingerprint density at radius 3 is 2.32 bits per heavy atom. The smallest absolute Gasteiger partial charge is 0.480 e. The number of nitrogens with two attached hydrogens (primary N) is 1. The van der Waals surface area contributed by atoms with Crippen molar-refractivity contribution in [3.8, 4) is 0 Å². The highest BCUT2D eigenvalue weighted by atomic mass is 35.5. The summed E-state index contributed by atoms with van der Waals surface area (Å²) >= 11 is 0. The van der Waals surface area contributed by atoms with E-state index in [2.05, 4.69) is 0 Å². The van der Waals surface area contributed by atoms with E-state index in [1.165, 1.54) is 13.8 Å². The second kappa shape index (κ2) is 7.55. The van der Waals surface area contributed by atoms with E-state index >= 15 is 0 Å². The predicted octanol–water partition coefficient (Wildman–Crippen LogP) is 2.08. The first-order valence-electron chi connectivity index (χ1n) is 6.23. The third-order valence-electron chi connectivity index (χ3n) is 3.39. The summed E-state index contributed by atoms with van der Waals surface area (Å²) in [5, 5.41) is 8.89. The third-order valence-corrected chi connectivity index (χ3v) is 3.39. The molecule has 1 aliphatic rings. The predicted molar refractivity (Wildman–Crippen MR) is 71.4 cm³/mol. The number of aliphatic carboxylic acids is 1. The summed E-state index contributed by atoms with van der Waals surface area (Å²) in [5.41, 5.74) is 3.93. The molecule has 112 valence electrons. The van der Waals surface area contributed by atoms with Gasteiger partial charge in [-0.1, -0.05) is 6.42 Å². The van der Waals surface area contributed by atoms with E-state index in [1.54, 1.807) is 0 Å². The number of rotatable bonds is 4. The van der Waals surface area contributed by atoms with Crippen molar-refractivity contribution in [2.45, 2.75) is 63.7 Å². The Labute approximate surface area is 119 Å². The first-order valence-corrected chi connectivity index (χ1v) is 6.23. The van der Waals surface area contributed by atoms with E-state index in [9.17, 15) is 9.59 Å². The average Bonchev–Trinajstić information content (AvgIpc) is 2.29. The Morgan fingerprint density at radius 2 is 1.84 bits per heavy atom. The van der Waals surface area contributed by atoms with Gasteiger partial charge in [-0.25, -0.2) is 4.79 Å². The van der Waals surface area contributed by atoms with Crippen LogP contribution in [0, 0.1) is 0 Å². The van der Waals surface area contributed by atoms with Crippen LogP contribution in [0.1, 0.15) is 46.0 Å². The zero-order chi connectivity index (χ0) is 13.8. The minimum Gasteiger partial charge on any atom is -0.480 e. The zero-order valence-corrected chi connectivity index (χ0v) is 12.1. The molecule has 0 radical (unpaired) electrons. The van der Waals surface area contributed by atoms with Crippen molar-refractivity contribution >= 4 is 24.5 Å². The molecule has 19 heavy (non-hydrogen) atoms. The van der Waals surface area contributed by atoms with Crippen molar-refractivity contribution in [3.05, 3.63) is 0 Å². The van der Waals surface area contributed by atoms with Crippen molar-refractivity contribution in [1.82, 2.24) is 0 Å². The molecule has 0 heterocycles. The fourth-order valence-electron chi connectivity index (χ4n) is 1.79. The normalized spacial score (nSPS) is 20.6. The first kappa shape index (κ1) is 18.0. The van der Waals surface area contributed by atoms with Crippen molar-refractivity contribution < 1.29 is 24.2 Å². The standard InChI is InChI=1S/C12H21NO5.ClH/c1-8(12(2,13)10(14)15)17-11(16)18-9-6-4-3-5-7-9;/h8-9H,3-7,13H2,1-2H3,(H,14,15);1H/t8?,12-;/m1./s1. The summed E-state index contributed by atoms with van der Waals surface area (Å²) in [6.45, 7) is 2.74. The SMILES string of the molecule is CC(OC(=O)OC1CCCCC1)[C@@](C)(N)C(=O)O.Cl. The number of halogens is 1. The van der Waals surface area contributed by atoms with Crippen molar-refractivity contribution in [3.63, 3.8) is 0 Å². The summed E-state index contributed by atoms with van der Waals surface area (Å²) in [5.74, 6) is -1.22. The van der Waals surface area contributed by atoms with Crippen LogP contribution in [0.3, 0.4) is 0 Å². The largest absolute Gasteiger partial charge is 0.508 e. The molecule has 1 saturated carbocycles. The van der Waals surface area contributed by atoms with Gasteiger partial charge in [-0.2, -0.15) is 0 Å². The topological polar surface area (TPSA) is 98.9 Å². The van der Waals surface area contributed by atoms with Gasteiger partial charge in [0.25, 0.3) is 0 Å². The van der Waals surface area contributed by atoms with Crippen LogP contribution in [0.2, 0.25) is 0 Å². The Morgan fingerprint density at radius 1 is 1.32 bits per heavy atom. The highest BCUT2D eigenvalue weighted by Crippen LogP contribution is 2.21. The van der Waals surface area contributed by atoms with E-state index in [0.29, 0.717) is 0 Å². The monoisotopic (exact) mass is 295 g/mol. The minimum absolute atomic E-state index is 0. The maximum Gasteiger partial charge on any atom is 0.508 e. The molecule has 0 spiro atoms. The molecule has 0 saturated heterocycles. The molecule has 0 aromatic heterocycles. The van der Waals surface area contributed by atoms with Gasteiger partial charge in [0.2, 0.25) is 0 Å². The lowest BCUT2D eigenvalue weighted by molar-refractivity contribution is -0.147. The van der Waals surface area contributed by atoms with Crippen LogP contribution in [0.4, 0.5) is 4.79 Å². The number of carboxylic acid groups (broad SMARTS) is 1. The van der Waals surface area contributed by atoms with Gasteiger partial charge in [-0.3, -0.25) is 4.79 Å². The van der Waals surface area contributed by atoms with Gasteiger partial charge in [-0.15, -0.1) is 12.4 Å². The van der Waals surface area contributed by atoms with Gasteiger partial charge in [0.15, 0.2) is 0 Å². The molecule has 1 unspecified atom stereocenters. The highest BCUT2D eigenvalue weighted by Gasteiger charge is 2.38. The molecule has 0 aromatic rings. The molecule has 0 aliphatic heterocycles. The molecule has 1 fully saturated rings. The second-order valence-electron chi connectivity index (χ2n) is 4.98. The van der Waals surface area contributed by atoms with Gasteiger partial charge < -0.3 is 20.3 Å². The maximum atomic E-state index is 11.5. The van der Waals surface area contributed by atoms with Gasteiger partial charge in [0, 0.05) is 0 Å². The van der Waals surface area contributed by atoms with E-state index in [0.717, 1.165) is 32.1 Å². The number of carbonyl (C=O) groups is 2. The Bertz CT molecular complexity index is 315. The highest BCUT2D eigenvalue weighted by molar-refractivity contribution is 5.85. The maximum absolute atomic E-state index is 11.5. The first-order chi connectivity index (χ1) is 8.34. The number of carboxylic acids is 1. The molecule has 1 rings (SSSR count). The molecule has 3 N–H and O–H groups in total. The van der Waals surface area contributed by atoms with Crippen LogP contribution in [0.5, 0.6) is 0 Å². The molecule has 6 nitrogen and oxygen atoms in total. The van der Waals surface area contributed by atoms with Crippen LogP contribution in [-0.2, 0) is 14.3 Å². The lowest BCUT2D eigenvalue weighted by Crippen LogP contribution is -2.55. The molecular weight excluding hydrogens is 274 g/mol. The molecule has 0 aromatic carbocycles. The number of ether oxygens (including phenoxy) is 2.